The number of amides is 2. The summed E-state index contributed by atoms with van der Waals surface area (Å²) in [5, 5.41) is 6.06. The van der Waals surface area contributed by atoms with E-state index < -0.39 is 5.91 Å². The number of nitrogens with zero attached hydrogens (tertiary/aromatic N) is 2. The first-order chi connectivity index (χ1) is 18.9. The zero-order valence-corrected chi connectivity index (χ0v) is 21.8. The number of thiophene rings is 1. The van der Waals surface area contributed by atoms with Crippen LogP contribution in [0.2, 0.25) is 0 Å². The molecule has 12 heteroatoms. The molecule has 3 N–H and O–H groups in total. The highest BCUT2D eigenvalue weighted by molar-refractivity contribution is 7.18. The van der Waals surface area contributed by atoms with Crippen molar-refractivity contribution in [2.75, 3.05) is 19.0 Å². The van der Waals surface area contributed by atoms with Crippen LogP contribution in [0.1, 0.15) is 32.2 Å². The molecule has 11 nitrogen and oxygen atoms in total. The largest absolute Gasteiger partial charge is 0.482 e. The van der Waals surface area contributed by atoms with Gasteiger partial charge in [0.2, 0.25) is 5.82 Å². The summed E-state index contributed by atoms with van der Waals surface area (Å²) in [6, 6.07) is 14.8. The lowest BCUT2D eigenvalue weighted by Gasteiger charge is -2.18. The monoisotopic (exact) mass is 547 g/mol. The van der Waals surface area contributed by atoms with Crippen molar-refractivity contribution in [3.63, 3.8) is 0 Å². The van der Waals surface area contributed by atoms with Crippen LogP contribution in [0.4, 0.5) is 5.69 Å². The van der Waals surface area contributed by atoms with Crippen molar-refractivity contribution in [1.29, 1.82) is 0 Å². The Kier molecular flexibility index (Phi) is 7.66. The number of H-pyrrole nitrogens is 1. The third-order valence-corrected chi connectivity index (χ3v) is 7.20. The maximum atomic E-state index is 12.6. The van der Waals surface area contributed by atoms with E-state index in [0.29, 0.717) is 41.3 Å². The number of ether oxygens (including phenoxy) is 2. The number of rotatable bonds is 6. The second-order valence-electron chi connectivity index (χ2n) is 9.01. The minimum absolute atomic E-state index is 0.00692. The minimum Gasteiger partial charge on any atom is -0.482 e. The summed E-state index contributed by atoms with van der Waals surface area (Å²) in [5.74, 6) is -0.103. The Labute approximate surface area is 226 Å². The van der Waals surface area contributed by atoms with Gasteiger partial charge in [-0.05, 0) is 35.9 Å². The second kappa shape index (κ2) is 11.5. The van der Waals surface area contributed by atoms with E-state index in [-0.39, 0.29) is 30.4 Å². The summed E-state index contributed by atoms with van der Waals surface area (Å²) in [5.41, 5.74) is 3.08. The van der Waals surface area contributed by atoms with Gasteiger partial charge in [-0.1, -0.05) is 36.4 Å². The van der Waals surface area contributed by atoms with Gasteiger partial charge in [0.05, 0.1) is 11.1 Å². The Morgan fingerprint density at radius 2 is 2.00 bits per heavy atom. The molecule has 6 rings (SSSR count). The molecule has 0 bridgehead atoms. The highest BCUT2D eigenvalue weighted by atomic mass is 32.1. The molecule has 0 spiro atoms. The van der Waals surface area contributed by atoms with Gasteiger partial charge < -0.3 is 25.1 Å². The SMILES string of the molecule is CN1Cc2sc3nc(C(=O)NCc4ccc5c(c4)NC(=O)CO5)[nH]c(=O)c3c2C1.O=COCc1ccccc1. The van der Waals surface area contributed by atoms with Crippen LogP contribution in [0.25, 0.3) is 10.2 Å². The summed E-state index contributed by atoms with van der Waals surface area (Å²) >= 11 is 1.46. The predicted molar refractivity (Wildman–Crippen MR) is 144 cm³/mol. The lowest BCUT2D eigenvalue weighted by molar-refractivity contribution is -0.129. The van der Waals surface area contributed by atoms with E-state index in [4.69, 9.17) is 4.74 Å². The maximum Gasteiger partial charge on any atom is 0.293 e. The molecule has 2 aromatic heterocycles. The number of carbonyl (C=O) groups excluding carboxylic acids is 3. The molecule has 4 aromatic rings. The quantitative estimate of drug-likeness (QED) is 0.313. The number of fused-ring (bicyclic) bond motifs is 4. The number of carbonyl (C=O) groups is 3. The third-order valence-electron chi connectivity index (χ3n) is 6.09. The van der Waals surface area contributed by atoms with Crippen LogP contribution in [0.15, 0.2) is 53.3 Å². The van der Waals surface area contributed by atoms with Gasteiger partial charge >= 0.3 is 0 Å². The number of hydrogen-bond donors (Lipinski definition) is 3. The second-order valence-corrected chi connectivity index (χ2v) is 10.1. The van der Waals surface area contributed by atoms with Crippen molar-refractivity contribution in [2.45, 2.75) is 26.2 Å². The van der Waals surface area contributed by atoms with Gasteiger partial charge in [0.25, 0.3) is 23.8 Å². The van der Waals surface area contributed by atoms with E-state index in [1.165, 1.54) is 11.3 Å². The van der Waals surface area contributed by atoms with Gasteiger partial charge in [0, 0.05) is 24.5 Å². The summed E-state index contributed by atoms with van der Waals surface area (Å²) in [7, 11) is 2.00. The van der Waals surface area contributed by atoms with Gasteiger partial charge in [-0.25, -0.2) is 4.98 Å². The molecule has 0 aliphatic carbocycles. The van der Waals surface area contributed by atoms with Crippen LogP contribution >= 0.6 is 11.3 Å². The number of nitrogens with one attached hydrogen (secondary N) is 3. The Hall–Kier alpha value is -4.55. The van der Waals surface area contributed by atoms with Gasteiger partial charge in [0.15, 0.2) is 6.61 Å². The Morgan fingerprint density at radius 1 is 1.18 bits per heavy atom. The molecular weight excluding hydrogens is 522 g/mol. The van der Waals surface area contributed by atoms with E-state index in [0.717, 1.165) is 28.1 Å². The Morgan fingerprint density at radius 3 is 2.79 bits per heavy atom. The Bertz CT molecular complexity index is 1600. The van der Waals surface area contributed by atoms with Crippen molar-refractivity contribution < 1.29 is 23.9 Å². The van der Waals surface area contributed by atoms with Crippen molar-refractivity contribution >= 4 is 45.5 Å². The molecule has 2 aromatic carbocycles. The fraction of sp³-hybridized carbons (Fsp3) is 0.222. The number of hydrogen-bond acceptors (Lipinski definition) is 9. The summed E-state index contributed by atoms with van der Waals surface area (Å²) in [6.45, 7) is 2.53. The molecule has 39 heavy (non-hydrogen) atoms. The highest BCUT2D eigenvalue weighted by Crippen LogP contribution is 2.34. The molecule has 0 radical (unpaired) electrons. The summed E-state index contributed by atoms with van der Waals surface area (Å²) < 4.78 is 9.86. The normalized spacial score (nSPS) is 13.8. The van der Waals surface area contributed by atoms with E-state index in [1.54, 1.807) is 18.2 Å². The van der Waals surface area contributed by atoms with E-state index in [2.05, 4.69) is 30.2 Å². The summed E-state index contributed by atoms with van der Waals surface area (Å²) in [6.07, 6.45) is 0. The molecule has 200 valence electrons. The van der Waals surface area contributed by atoms with Crippen molar-refractivity contribution in [1.82, 2.24) is 20.2 Å². The van der Waals surface area contributed by atoms with Gasteiger partial charge in [-0.3, -0.25) is 24.1 Å². The highest BCUT2D eigenvalue weighted by Gasteiger charge is 2.25. The average Bonchev–Trinajstić information content (AvgIpc) is 3.46. The topological polar surface area (TPSA) is 143 Å². The molecule has 0 atom stereocenters. The lowest BCUT2D eigenvalue weighted by atomic mass is 10.1. The standard InChI is InChI=1S/C19H17N5O4S.C8H8O2/c1-24-6-10-13(7-24)29-19-15(10)17(26)22-16(23-19)18(27)20-5-9-2-3-12-11(4-9)21-14(25)8-28-12;9-7-10-6-8-4-2-1-3-5-8/h2-4H,5-8H2,1H3,(H,20,27)(H,21,25)(H,22,23,26);1-5,7H,6H2. The average molecular weight is 548 g/mol. The number of aromatic nitrogens is 2. The molecule has 4 heterocycles. The first-order valence-corrected chi connectivity index (χ1v) is 12.9. The van der Waals surface area contributed by atoms with Crippen LogP contribution in [0.5, 0.6) is 5.75 Å². The van der Waals surface area contributed by atoms with Crippen LogP contribution in [0, 0.1) is 0 Å². The molecule has 0 fully saturated rings. The van der Waals surface area contributed by atoms with Crippen LogP contribution in [-0.4, -0.2) is 46.8 Å². The van der Waals surface area contributed by atoms with Gasteiger partial charge in [-0.15, -0.1) is 11.3 Å². The summed E-state index contributed by atoms with van der Waals surface area (Å²) in [4.78, 5) is 57.1. The van der Waals surface area contributed by atoms with Crippen LogP contribution < -0.4 is 20.9 Å². The molecule has 0 saturated heterocycles. The molecule has 2 aliphatic heterocycles. The van der Waals surface area contributed by atoms with Crippen molar-refractivity contribution in [3.05, 3.63) is 86.3 Å². The van der Waals surface area contributed by atoms with E-state index >= 15 is 0 Å². The molecular formula is C27H25N5O6S. The zero-order chi connectivity index (χ0) is 27.4. The van der Waals surface area contributed by atoms with E-state index in [9.17, 15) is 19.2 Å². The first kappa shape index (κ1) is 26.1. The van der Waals surface area contributed by atoms with Crippen LogP contribution in [0.3, 0.4) is 0 Å². The number of benzene rings is 2. The molecule has 0 unspecified atom stereocenters. The third kappa shape index (κ3) is 5.97. The van der Waals surface area contributed by atoms with Crippen LogP contribution in [-0.2, 0) is 40.6 Å². The van der Waals surface area contributed by atoms with Crippen molar-refractivity contribution in [3.8, 4) is 5.75 Å². The number of anilines is 1. The fourth-order valence-corrected chi connectivity index (χ4v) is 5.56. The minimum atomic E-state index is -0.465. The van der Waals surface area contributed by atoms with E-state index in [1.807, 2.05) is 37.4 Å². The maximum absolute atomic E-state index is 12.6. The molecule has 2 aliphatic rings. The van der Waals surface area contributed by atoms with Gasteiger partial charge in [-0.2, -0.15) is 0 Å². The lowest BCUT2D eigenvalue weighted by Crippen LogP contribution is -2.28. The van der Waals surface area contributed by atoms with Gasteiger partial charge in [0.1, 0.15) is 17.2 Å². The predicted octanol–water partition coefficient (Wildman–Crippen LogP) is 2.55. The smallest absolute Gasteiger partial charge is 0.293 e. The first-order valence-electron chi connectivity index (χ1n) is 12.1. The number of aromatic amines is 1. The Balaban J connectivity index is 0.000000261. The van der Waals surface area contributed by atoms with Crippen molar-refractivity contribution in [2.24, 2.45) is 0 Å². The zero-order valence-electron chi connectivity index (χ0n) is 21.0. The fourth-order valence-electron chi connectivity index (χ4n) is 4.29. The molecule has 2 amide bonds. The molecule has 0 saturated carbocycles.